The average Bonchev–Trinajstić information content (AvgIpc) is 2.84. The summed E-state index contributed by atoms with van der Waals surface area (Å²) >= 11 is 0. The summed E-state index contributed by atoms with van der Waals surface area (Å²) in [5.41, 5.74) is 0.721. The zero-order valence-corrected chi connectivity index (χ0v) is 10.8. The second kappa shape index (κ2) is 4.86. The van der Waals surface area contributed by atoms with E-state index in [0.29, 0.717) is 11.1 Å². The fraction of sp³-hybridized carbons (Fsp3) is 0.0625. The summed E-state index contributed by atoms with van der Waals surface area (Å²) in [7, 11) is 0. The molecule has 0 saturated heterocycles. The Balaban J connectivity index is 2.06. The second-order valence-electron chi connectivity index (χ2n) is 4.59. The van der Waals surface area contributed by atoms with Crippen molar-refractivity contribution < 1.29 is 24.2 Å². The molecule has 0 bridgehead atoms. The topological polar surface area (TPSA) is 80.7 Å². The fourth-order valence-electron chi connectivity index (χ4n) is 2.37. The zero-order valence-electron chi connectivity index (χ0n) is 10.8. The van der Waals surface area contributed by atoms with Gasteiger partial charge in [-0.2, -0.15) is 0 Å². The lowest BCUT2D eigenvalue weighted by molar-refractivity contribution is 0.0354. The molecule has 1 N–H and O–H groups in total. The van der Waals surface area contributed by atoms with Crippen LogP contribution in [0, 0.1) is 0 Å². The predicted octanol–water partition coefficient (Wildman–Crippen LogP) is 2.48. The van der Waals surface area contributed by atoms with E-state index < -0.39 is 23.8 Å². The van der Waals surface area contributed by atoms with Crippen molar-refractivity contribution in [3.8, 4) is 0 Å². The molecule has 0 aliphatic carbocycles. The first kappa shape index (κ1) is 13.1. The SMILES string of the molecule is O=C(O)c1ccccc1C(=O)C1OC(=O)c2ccccc21. The van der Waals surface area contributed by atoms with E-state index in [4.69, 9.17) is 9.84 Å². The van der Waals surface area contributed by atoms with Crippen molar-refractivity contribution >= 4 is 17.7 Å². The number of Topliss-reactive ketones (excluding diaryl/α,β-unsaturated/α-hetero) is 1. The molecule has 0 fully saturated rings. The summed E-state index contributed by atoms with van der Waals surface area (Å²) in [6.45, 7) is 0. The summed E-state index contributed by atoms with van der Waals surface area (Å²) in [4.78, 5) is 35.5. The number of fused-ring (bicyclic) bond motifs is 1. The van der Waals surface area contributed by atoms with Gasteiger partial charge in [-0.25, -0.2) is 9.59 Å². The molecule has 2 aromatic carbocycles. The maximum absolute atomic E-state index is 12.5. The molecule has 0 radical (unpaired) electrons. The molecule has 1 aliphatic rings. The highest BCUT2D eigenvalue weighted by molar-refractivity contribution is 6.11. The van der Waals surface area contributed by atoms with E-state index >= 15 is 0 Å². The first-order chi connectivity index (χ1) is 10.1. The number of carbonyl (C=O) groups excluding carboxylic acids is 2. The lowest BCUT2D eigenvalue weighted by atomic mass is 9.95. The third-order valence-electron chi connectivity index (χ3n) is 3.35. The van der Waals surface area contributed by atoms with Crippen LogP contribution >= 0.6 is 0 Å². The Morgan fingerprint density at radius 1 is 0.952 bits per heavy atom. The Bertz CT molecular complexity index is 763. The summed E-state index contributed by atoms with van der Waals surface area (Å²) in [5.74, 6) is -2.31. The van der Waals surface area contributed by atoms with Gasteiger partial charge < -0.3 is 9.84 Å². The number of benzene rings is 2. The van der Waals surface area contributed by atoms with Crippen molar-refractivity contribution in [1.29, 1.82) is 0 Å². The third kappa shape index (κ3) is 2.08. The third-order valence-corrected chi connectivity index (χ3v) is 3.35. The number of carbonyl (C=O) groups is 3. The van der Waals surface area contributed by atoms with Crippen molar-refractivity contribution in [1.82, 2.24) is 0 Å². The number of ether oxygens (including phenoxy) is 1. The van der Waals surface area contributed by atoms with Gasteiger partial charge in [-0.3, -0.25) is 4.79 Å². The number of carboxylic acid groups (broad SMARTS) is 1. The standard InChI is InChI=1S/C16H10O5/c17-13(9-5-1-3-7-11(9)15(18)19)14-10-6-2-4-8-12(10)16(20)21-14/h1-8,14H,(H,18,19). The zero-order chi connectivity index (χ0) is 15.0. The lowest BCUT2D eigenvalue weighted by Crippen LogP contribution is -2.16. The van der Waals surface area contributed by atoms with Crippen molar-refractivity contribution in [3.05, 3.63) is 70.8 Å². The maximum Gasteiger partial charge on any atom is 0.339 e. The highest BCUT2D eigenvalue weighted by Gasteiger charge is 2.37. The summed E-state index contributed by atoms with van der Waals surface area (Å²) in [6.07, 6.45) is -1.09. The normalized spacial score (nSPS) is 16.2. The maximum atomic E-state index is 12.5. The minimum absolute atomic E-state index is 0.0273. The van der Waals surface area contributed by atoms with E-state index in [2.05, 4.69) is 0 Å². The van der Waals surface area contributed by atoms with Gasteiger partial charge in [0.05, 0.1) is 11.1 Å². The molecule has 1 unspecified atom stereocenters. The summed E-state index contributed by atoms with van der Waals surface area (Å²) < 4.78 is 5.10. The van der Waals surface area contributed by atoms with Gasteiger partial charge in [0.2, 0.25) is 5.78 Å². The van der Waals surface area contributed by atoms with Crippen LogP contribution in [0.4, 0.5) is 0 Å². The van der Waals surface area contributed by atoms with Crippen LogP contribution in [0.25, 0.3) is 0 Å². The molecule has 5 heteroatoms. The van der Waals surface area contributed by atoms with Gasteiger partial charge in [0.1, 0.15) is 0 Å². The smallest absolute Gasteiger partial charge is 0.339 e. The predicted molar refractivity (Wildman–Crippen MR) is 72.3 cm³/mol. The molecule has 5 nitrogen and oxygen atoms in total. The number of carboxylic acids is 1. The van der Waals surface area contributed by atoms with Crippen LogP contribution in [0.15, 0.2) is 48.5 Å². The molecule has 1 aliphatic heterocycles. The molecular formula is C16H10O5. The Morgan fingerprint density at radius 3 is 2.29 bits per heavy atom. The van der Waals surface area contributed by atoms with Crippen LogP contribution in [0.1, 0.15) is 42.7 Å². The van der Waals surface area contributed by atoms with E-state index in [1.165, 1.54) is 18.2 Å². The van der Waals surface area contributed by atoms with E-state index in [1.54, 1.807) is 30.3 Å². The van der Waals surface area contributed by atoms with Gasteiger partial charge in [0.15, 0.2) is 6.10 Å². The number of rotatable bonds is 3. The Hall–Kier alpha value is -2.95. The van der Waals surface area contributed by atoms with Crippen molar-refractivity contribution in [2.45, 2.75) is 6.10 Å². The molecule has 0 spiro atoms. The average molecular weight is 282 g/mol. The van der Waals surface area contributed by atoms with Crippen LogP contribution in [0.3, 0.4) is 0 Å². The van der Waals surface area contributed by atoms with Gasteiger partial charge in [-0.1, -0.05) is 36.4 Å². The fourth-order valence-corrected chi connectivity index (χ4v) is 2.37. The summed E-state index contributed by atoms with van der Waals surface area (Å²) in [5, 5.41) is 9.14. The van der Waals surface area contributed by atoms with Crippen LogP contribution in [-0.2, 0) is 4.74 Å². The van der Waals surface area contributed by atoms with E-state index in [0.717, 1.165) is 0 Å². The van der Waals surface area contributed by atoms with Crippen molar-refractivity contribution in [2.75, 3.05) is 0 Å². The van der Waals surface area contributed by atoms with Crippen LogP contribution in [0.2, 0.25) is 0 Å². The Morgan fingerprint density at radius 2 is 1.57 bits per heavy atom. The molecule has 1 heterocycles. The van der Waals surface area contributed by atoms with Gasteiger partial charge in [-0.05, 0) is 12.1 Å². The van der Waals surface area contributed by atoms with E-state index in [-0.39, 0.29) is 11.1 Å². The number of cyclic esters (lactones) is 1. The number of hydrogen-bond donors (Lipinski definition) is 1. The van der Waals surface area contributed by atoms with E-state index in [9.17, 15) is 14.4 Å². The minimum Gasteiger partial charge on any atom is -0.478 e. The van der Waals surface area contributed by atoms with Crippen LogP contribution < -0.4 is 0 Å². The van der Waals surface area contributed by atoms with Gasteiger partial charge in [0, 0.05) is 11.1 Å². The van der Waals surface area contributed by atoms with E-state index in [1.807, 2.05) is 0 Å². The van der Waals surface area contributed by atoms with Crippen LogP contribution in [-0.4, -0.2) is 22.8 Å². The highest BCUT2D eigenvalue weighted by Crippen LogP contribution is 2.33. The van der Waals surface area contributed by atoms with Gasteiger partial charge in [0.25, 0.3) is 0 Å². The first-order valence-corrected chi connectivity index (χ1v) is 6.26. The molecular weight excluding hydrogens is 272 g/mol. The Kier molecular flexibility index (Phi) is 3.02. The number of aromatic carboxylic acids is 1. The lowest BCUT2D eigenvalue weighted by Gasteiger charge is -2.11. The number of ketones is 1. The molecule has 2 aromatic rings. The van der Waals surface area contributed by atoms with Gasteiger partial charge >= 0.3 is 11.9 Å². The monoisotopic (exact) mass is 282 g/mol. The molecule has 0 amide bonds. The Labute approximate surface area is 119 Å². The molecule has 104 valence electrons. The molecule has 0 aromatic heterocycles. The highest BCUT2D eigenvalue weighted by atomic mass is 16.6. The molecule has 21 heavy (non-hydrogen) atoms. The van der Waals surface area contributed by atoms with Gasteiger partial charge in [-0.15, -0.1) is 0 Å². The van der Waals surface area contributed by atoms with Crippen molar-refractivity contribution in [2.24, 2.45) is 0 Å². The number of hydrogen-bond acceptors (Lipinski definition) is 4. The second-order valence-corrected chi connectivity index (χ2v) is 4.59. The summed E-state index contributed by atoms with van der Waals surface area (Å²) in [6, 6.07) is 12.5. The number of esters is 1. The largest absolute Gasteiger partial charge is 0.478 e. The van der Waals surface area contributed by atoms with Crippen molar-refractivity contribution in [3.63, 3.8) is 0 Å². The van der Waals surface area contributed by atoms with Crippen LogP contribution in [0.5, 0.6) is 0 Å². The first-order valence-electron chi connectivity index (χ1n) is 6.26. The molecule has 0 saturated carbocycles. The molecule has 1 atom stereocenters. The quantitative estimate of drug-likeness (QED) is 0.691. The minimum atomic E-state index is -1.20. The molecule has 3 rings (SSSR count).